The second kappa shape index (κ2) is 12.1. The first-order valence-electron chi connectivity index (χ1n) is 15.8. The van der Waals surface area contributed by atoms with Gasteiger partial charge in [0, 0.05) is 57.4 Å². The largest absolute Gasteiger partial charge is 0.344 e. The van der Waals surface area contributed by atoms with Crippen LogP contribution in [-0.2, 0) is 29.2 Å². The van der Waals surface area contributed by atoms with Gasteiger partial charge in [-0.2, -0.15) is 0 Å². The number of hydrogen-bond donors (Lipinski definition) is 0. The van der Waals surface area contributed by atoms with Crippen LogP contribution < -0.4 is 0 Å². The first-order valence-corrected chi connectivity index (χ1v) is 15.8. The summed E-state index contributed by atoms with van der Waals surface area (Å²) in [7, 11) is 0. The first-order chi connectivity index (χ1) is 21.0. The zero-order chi connectivity index (χ0) is 30.1. The lowest BCUT2D eigenvalue weighted by Gasteiger charge is -2.15. The predicted molar refractivity (Wildman–Crippen MR) is 177 cm³/mol. The van der Waals surface area contributed by atoms with Gasteiger partial charge in [0.2, 0.25) is 0 Å². The minimum Gasteiger partial charge on any atom is -0.344 e. The number of amides is 2. The molecule has 0 bridgehead atoms. The van der Waals surface area contributed by atoms with Crippen molar-refractivity contribution < 1.29 is 9.59 Å². The number of para-hydroxylation sites is 2. The van der Waals surface area contributed by atoms with Gasteiger partial charge in [-0.15, -0.1) is 0 Å². The summed E-state index contributed by atoms with van der Waals surface area (Å²) in [6, 6.07) is 26.5. The zero-order valence-electron chi connectivity index (χ0n) is 25.8. The highest BCUT2D eigenvalue weighted by Crippen LogP contribution is 2.45. The van der Waals surface area contributed by atoms with Crippen LogP contribution in [0.5, 0.6) is 0 Å². The number of aromatic nitrogens is 2. The van der Waals surface area contributed by atoms with Crippen LogP contribution in [0, 0.1) is 13.8 Å². The number of carbonyl (C=O) groups excluding carboxylic acids is 2. The number of hydrogen-bond acceptors (Lipinski definition) is 2. The van der Waals surface area contributed by atoms with E-state index in [0.29, 0.717) is 11.1 Å². The summed E-state index contributed by atoms with van der Waals surface area (Å²) in [5.41, 5.74) is 8.05. The lowest BCUT2D eigenvalue weighted by molar-refractivity contribution is -0.136. The van der Waals surface area contributed by atoms with Crippen LogP contribution in [0.1, 0.15) is 74.0 Å². The number of unbranched alkanes of at least 4 members (excludes halogenated alkanes) is 3. The fourth-order valence-electron chi connectivity index (χ4n) is 6.94. The molecular formula is C38H41N3O2. The molecule has 0 fully saturated rings. The number of carbonyl (C=O) groups is 2. The van der Waals surface area contributed by atoms with Crippen molar-refractivity contribution >= 4 is 44.8 Å². The van der Waals surface area contributed by atoms with Crippen LogP contribution in [0.3, 0.4) is 0 Å². The smallest absolute Gasteiger partial charge is 0.262 e. The number of rotatable bonds is 11. The van der Waals surface area contributed by atoms with E-state index >= 15 is 0 Å². The average molecular weight is 572 g/mol. The van der Waals surface area contributed by atoms with Crippen LogP contribution in [0.25, 0.3) is 33.0 Å². The summed E-state index contributed by atoms with van der Waals surface area (Å²) in [5, 5.41) is 2.05. The number of fused-ring (bicyclic) bond motifs is 2. The van der Waals surface area contributed by atoms with Gasteiger partial charge in [-0.3, -0.25) is 14.5 Å². The Hall–Kier alpha value is -4.38. The minimum atomic E-state index is -0.217. The number of imide groups is 1. The molecule has 6 rings (SSSR count). The predicted octanol–water partition coefficient (Wildman–Crippen LogP) is 8.68. The molecule has 3 heterocycles. The number of nitrogens with zero attached hydrogens (tertiary/aromatic N) is 3. The van der Waals surface area contributed by atoms with E-state index in [4.69, 9.17) is 0 Å². The van der Waals surface area contributed by atoms with Gasteiger partial charge < -0.3 is 9.13 Å². The van der Waals surface area contributed by atoms with Crippen LogP contribution in [0.2, 0.25) is 0 Å². The van der Waals surface area contributed by atoms with Crippen molar-refractivity contribution in [2.75, 3.05) is 0 Å². The van der Waals surface area contributed by atoms with Crippen LogP contribution in [0.15, 0.2) is 78.9 Å². The summed E-state index contributed by atoms with van der Waals surface area (Å²) in [5.74, 6) is -0.432. The summed E-state index contributed by atoms with van der Waals surface area (Å²) >= 11 is 0. The Morgan fingerprint density at radius 3 is 1.60 bits per heavy atom. The van der Waals surface area contributed by atoms with E-state index in [0.717, 1.165) is 75.8 Å². The Balaban J connectivity index is 1.62. The van der Waals surface area contributed by atoms with Crippen LogP contribution in [-0.4, -0.2) is 25.8 Å². The zero-order valence-corrected chi connectivity index (χ0v) is 25.8. The molecule has 5 nitrogen and oxygen atoms in total. The SMILES string of the molecule is CCCCCCn1c(C)c(C2=C(c3c(C)n(CCC)c4ccccc34)C(=O)N(Cc3ccccc3)C2=O)c2ccccc21. The third-order valence-corrected chi connectivity index (χ3v) is 9.00. The quantitative estimate of drug-likeness (QED) is 0.118. The van der Waals surface area contributed by atoms with Crippen molar-refractivity contribution in [3.63, 3.8) is 0 Å². The molecule has 1 aliphatic rings. The highest BCUT2D eigenvalue weighted by molar-refractivity contribution is 6.51. The van der Waals surface area contributed by atoms with Crippen molar-refractivity contribution in [1.29, 1.82) is 0 Å². The Kier molecular flexibility index (Phi) is 8.07. The van der Waals surface area contributed by atoms with Gasteiger partial charge in [-0.1, -0.05) is 99.8 Å². The maximum atomic E-state index is 14.6. The van der Waals surface area contributed by atoms with E-state index in [9.17, 15) is 9.59 Å². The van der Waals surface area contributed by atoms with Gasteiger partial charge in [0.25, 0.3) is 11.8 Å². The fourth-order valence-corrected chi connectivity index (χ4v) is 6.94. The van der Waals surface area contributed by atoms with Crippen LogP contribution in [0.4, 0.5) is 0 Å². The molecule has 220 valence electrons. The lowest BCUT2D eigenvalue weighted by atomic mass is 9.93. The van der Waals surface area contributed by atoms with Crippen molar-refractivity contribution in [3.8, 4) is 0 Å². The molecule has 0 saturated carbocycles. The van der Waals surface area contributed by atoms with Crippen molar-refractivity contribution in [1.82, 2.24) is 14.0 Å². The van der Waals surface area contributed by atoms with E-state index < -0.39 is 0 Å². The second-order valence-corrected chi connectivity index (χ2v) is 11.8. The van der Waals surface area contributed by atoms with Gasteiger partial charge in [0.15, 0.2) is 0 Å². The average Bonchev–Trinajstić information content (AvgIpc) is 3.55. The number of aryl methyl sites for hydroxylation is 2. The normalized spacial score (nSPS) is 13.8. The number of benzene rings is 3. The molecule has 2 amide bonds. The molecule has 0 atom stereocenters. The van der Waals surface area contributed by atoms with E-state index in [1.807, 2.05) is 48.5 Å². The Morgan fingerprint density at radius 1 is 0.558 bits per heavy atom. The summed E-state index contributed by atoms with van der Waals surface area (Å²) in [4.78, 5) is 30.7. The maximum absolute atomic E-state index is 14.6. The summed E-state index contributed by atoms with van der Waals surface area (Å²) in [6.45, 7) is 10.6. The minimum absolute atomic E-state index is 0.215. The molecule has 0 aliphatic carbocycles. The maximum Gasteiger partial charge on any atom is 0.262 e. The van der Waals surface area contributed by atoms with Gasteiger partial charge in [-0.25, -0.2) is 0 Å². The van der Waals surface area contributed by atoms with E-state index in [1.54, 1.807) is 0 Å². The van der Waals surface area contributed by atoms with Gasteiger partial charge in [0.1, 0.15) is 0 Å². The third kappa shape index (κ3) is 4.91. The Morgan fingerprint density at radius 2 is 1.07 bits per heavy atom. The second-order valence-electron chi connectivity index (χ2n) is 11.8. The summed E-state index contributed by atoms with van der Waals surface area (Å²) < 4.78 is 4.66. The van der Waals surface area contributed by atoms with Gasteiger partial charge in [-0.05, 0) is 44.4 Å². The lowest BCUT2D eigenvalue weighted by Crippen LogP contribution is -2.31. The van der Waals surface area contributed by atoms with E-state index in [2.05, 4.69) is 67.2 Å². The van der Waals surface area contributed by atoms with Gasteiger partial charge >= 0.3 is 0 Å². The highest BCUT2D eigenvalue weighted by atomic mass is 16.2. The molecule has 0 unspecified atom stereocenters. The first kappa shape index (κ1) is 28.7. The van der Waals surface area contributed by atoms with E-state index in [1.165, 1.54) is 24.2 Å². The molecule has 0 saturated heterocycles. The molecule has 0 spiro atoms. The summed E-state index contributed by atoms with van der Waals surface area (Å²) in [6.07, 6.45) is 5.62. The van der Waals surface area contributed by atoms with E-state index in [-0.39, 0.29) is 18.4 Å². The third-order valence-electron chi connectivity index (χ3n) is 9.00. The molecular weight excluding hydrogens is 530 g/mol. The highest BCUT2D eigenvalue weighted by Gasteiger charge is 2.43. The van der Waals surface area contributed by atoms with Crippen molar-refractivity contribution in [2.24, 2.45) is 0 Å². The molecule has 5 aromatic rings. The molecule has 43 heavy (non-hydrogen) atoms. The molecule has 0 radical (unpaired) electrons. The van der Waals surface area contributed by atoms with Crippen LogP contribution >= 0.6 is 0 Å². The van der Waals surface area contributed by atoms with Gasteiger partial charge in [0.05, 0.1) is 17.7 Å². The monoisotopic (exact) mass is 571 g/mol. The Labute approximate surface area is 254 Å². The standard InChI is InChI=1S/C38H41N3O2/c1-5-7-8-16-24-40-27(4)34(30-20-13-15-22-32(30)40)36-35(37(42)41(38(36)43)25-28-17-10-9-11-18-28)33-26(3)39(23-6-2)31-21-14-12-19-29(31)33/h9-15,17-22H,5-8,16,23-25H2,1-4H3. The molecule has 3 aromatic carbocycles. The van der Waals surface area contributed by atoms with Crippen molar-refractivity contribution in [3.05, 3.63) is 107 Å². The Bertz CT molecular complexity index is 1850. The molecule has 2 aromatic heterocycles. The topological polar surface area (TPSA) is 47.2 Å². The van der Waals surface area contributed by atoms with Crippen molar-refractivity contribution in [2.45, 2.75) is 79.4 Å². The molecule has 5 heteroatoms. The molecule has 1 aliphatic heterocycles. The molecule has 0 N–H and O–H groups in total. The fraction of sp³-hybridized carbons (Fsp3) is 0.316.